The van der Waals surface area contributed by atoms with Crippen LogP contribution in [0, 0.1) is 0 Å². The summed E-state index contributed by atoms with van der Waals surface area (Å²) in [7, 11) is 0. The summed E-state index contributed by atoms with van der Waals surface area (Å²) in [6, 6.07) is 7.47. The van der Waals surface area contributed by atoms with Crippen molar-refractivity contribution in [3.8, 4) is 5.88 Å². The van der Waals surface area contributed by atoms with Crippen LogP contribution in [0.15, 0.2) is 30.3 Å². The molecule has 3 rings (SSSR count). The molecule has 1 aliphatic rings. The van der Waals surface area contributed by atoms with Gasteiger partial charge in [-0.3, -0.25) is 29.1 Å². The van der Waals surface area contributed by atoms with Crippen molar-refractivity contribution in [1.29, 1.82) is 0 Å². The molecule has 1 aromatic heterocycles. The first-order valence-corrected chi connectivity index (χ1v) is 14.3. The lowest BCUT2D eigenvalue weighted by molar-refractivity contribution is -0.289. The van der Waals surface area contributed by atoms with Gasteiger partial charge in [-0.2, -0.15) is 0 Å². The summed E-state index contributed by atoms with van der Waals surface area (Å²) in [5, 5.41) is 16.2. The first kappa shape index (κ1) is 34.8. The van der Waals surface area contributed by atoms with Gasteiger partial charge in [-0.1, -0.05) is 50.3 Å². The maximum atomic E-state index is 12.2. The van der Waals surface area contributed by atoms with Gasteiger partial charge in [-0.15, -0.1) is 5.10 Å². The van der Waals surface area contributed by atoms with Crippen molar-refractivity contribution in [3.05, 3.63) is 52.7 Å². The number of hydrogen-bond donors (Lipinski definition) is 2. The molecule has 2 aromatic rings. The number of aromatic nitrogens is 2. The molecule has 2 N–H and O–H groups in total. The maximum Gasteiger partial charge on any atom is 0.307 e. The van der Waals surface area contributed by atoms with Crippen LogP contribution >= 0.6 is 0 Å². The number of carboxylic acids is 1. The lowest BCUT2D eigenvalue weighted by atomic mass is 9.97. The Morgan fingerprint density at radius 1 is 0.911 bits per heavy atom. The fourth-order valence-corrected chi connectivity index (χ4v) is 4.75. The van der Waals surface area contributed by atoms with Crippen molar-refractivity contribution in [2.75, 3.05) is 6.61 Å². The van der Waals surface area contributed by atoms with E-state index in [0.717, 1.165) is 37.6 Å². The van der Waals surface area contributed by atoms with Gasteiger partial charge in [0, 0.05) is 45.4 Å². The van der Waals surface area contributed by atoms with Crippen LogP contribution in [0.1, 0.15) is 76.3 Å². The molecular formula is C31H38N2O12. The molecular weight excluding hydrogens is 592 g/mol. The van der Waals surface area contributed by atoms with Gasteiger partial charge in [-0.05, 0) is 17.0 Å². The minimum atomic E-state index is -1.44. The van der Waals surface area contributed by atoms with Crippen LogP contribution in [0.25, 0.3) is 6.08 Å². The molecule has 5 atom stereocenters. The SMILES string of the molecule is CC(=O)OC[C@H]1O[C@@H](Oc2n[nH]c(C(C)C)c2Cc2ccc(C=CCC(=O)O)cc2)[C@H](OC(C)=O)[C@@H](OC(C)=O)[C@@H]1OC(C)=O. The quantitative estimate of drug-likeness (QED) is 0.243. The fourth-order valence-electron chi connectivity index (χ4n) is 4.75. The summed E-state index contributed by atoms with van der Waals surface area (Å²) in [6.07, 6.45) is -3.17. The number of nitrogens with one attached hydrogen (secondary N) is 1. The normalized spacial score (nSPS) is 21.3. The minimum Gasteiger partial charge on any atom is -0.481 e. The van der Waals surface area contributed by atoms with E-state index >= 15 is 0 Å². The van der Waals surface area contributed by atoms with Gasteiger partial charge in [-0.25, -0.2) is 0 Å². The molecule has 244 valence electrons. The summed E-state index contributed by atoms with van der Waals surface area (Å²) >= 11 is 0. The number of benzene rings is 1. The highest BCUT2D eigenvalue weighted by atomic mass is 16.7. The highest BCUT2D eigenvalue weighted by molar-refractivity contribution is 5.70. The van der Waals surface area contributed by atoms with E-state index in [9.17, 15) is 24.0 Å². The first-order chi connectivity index (χ1) is 21.2. The van der Waals surface area contributed by atoms with Crippen LogP contribution in [0.5, 0.6) is 5.88 Å². The summed E-state index contributed by atoms with van der Waals surface area (Å²) in [4.78, 5) is 58.8. The van der Waals surface area contributed by atoms with Gasteiger partial charge in [0.25, 0.3) is 0 Å². The number of aliphatic carboxylic acids is 1. The first-order valence-electron chi connectivity index (χ1n) is 14.3. The summed E-state index contributed by atoms with van der Waals surface area (Å²) in [5.74, 6) is -3.70. The Kier molecular flexibility index (Phi) is 12.2. The number of rotatable bonds is 13. The lowest BCUT2D eigenvalue weighted by Gasteiger charge is -2.43. The van der Waals surface area contributed by atoms with Crippen molar-refractivity contribution in [1.82, 2.24) is 10.2 Å². The van der Waals surface area contributed by atoms with E-state index in [1.165, 1.54) is 6.92 Å². The number of hydrogen-bond acceptors (Lipinski definition) is 12. The Morgan fingerprint density at radius 2 is 1.51 bits per heavy atom. The van der Waals surface area contributed by atoms with E-state index in [2.05, 4.69) is 10.2 Å². The van der Waals surface area contributed by atoms with Gasteiger partial charge in [0.1, 0.15) is 12.7 Å². The zero-order chi connectivity index (χ0) is 33.3. The van der Waals surface area contributed by atoms with Crippen LogP contribution in [-0.4, -0.2) is 82.5 Å². The van der Waals surface area contributed by atoms with E-state index in [-0.39, 0.29) is 18.2 Å². The third-order valence-corrected chi connectivity index (χ3v) is 6.58. The molecule has 14 heteroatoms. The third kappa shape index (κ3) is 10.2. The Labute approximate surface area is 260 Å². The molecule has 0 radical (unpaired) electrons. The Hall–Kier alpha value is -4.72. The summed E-state index contributed by atoms with van der Waals surface area (Å²) in [6.45, 7) is 8.14. The molecule has 0 saturated carbocycles. The van der Waals surface area contributed by atoms with Crippen LogP contribution in [-0.2, 0) is 54.1 Å². The number of H-pyrrole nitrogens is 1. The number of nitrogens with zero attached hydrogens (tertiary/aromatic N) is 1. The van der Waals surface area contributed by atoms with Crippen LogP contribution in [0.2, 0.25) is 0 Å². The van der Waals surface area contributed by atoms with Crippen molar-refractivity contribution < 1.29 is 57.5 Å². The van der Waals surface area contributed by atoms with Gasteiger partial charge >= 0.3 is 29.8 Å². The zero-order valence-corrected chi connectivity index (χ0v) is 25.9. The van der Waals surface area contributed by atoms with Gasteiger partial charge in [0.05, 0.1) is 6.42 Å². The molecule has 14 nitrogen and oxygen atoms in total. The lowest BCUT2D eigenvalue weighted by Crippen LogP contribution is -2.63. The fraction of sp³-hybridized carbons (Fsp3) is 0.484. The number of ether oxygens (including phenoxy) is 6. The van der Waals surface area contributed by atoms with Gasteiger partial charge in [0.2, 0.25) is 18.3 Å². The van der Waals surface area contributed by atoms with E-state index in [1.54, 1.807) is 12.2 Å². The number of carbonyl (C=O) groups is 5. The van der Waals surface area contributed by atoms with Gasteiger partial charge in [0.15, 0.2) is 12.2 Å². The largest absolute Gasteiger partial charge is 0.481 e. The van der Waals surface area contributed by atoms with Crippen LogP contribution < -0.4 is 4.74 Å². The zero-order valence-electron chi connectivity index (χ0n) is 25.9. The average Bonchev–Trinajstić information content (AvgIpc) is 3.33. The van der Waals surface area contributed by atoms with Crippen molar-refractivity contribution in [2.45, 2.75) is 91.0 Å². The van der Waals surface area contributed by atoms with E-state index in [0.29, 0.717) is 12.0 Å². The Morgan fingerprint density at radius 3 is 2.07 bits per heavy atom. The smallest absolute Gasteiger partial charge is 0.307 e. The average molecular weight is 631 g/mol. The molecule has 0 bridgehead atoms. The Bertz CT molecular complexity index is 1400. The number of carboxylic acid groups (broad SMARTS) is 1. The standard InChI is InChI=1S/C31H38N2O12/c1-16(2)26-23(14-22-12-10-21(11-13-22)8-7-9-25(38)39)30(33-32-26)45-31-29(43-20(6)37)28(42-19(5)36)27(41-18(4)35)24(44-31)15-40-17(3)34/h7-8,10-13,16,24,27-29,31H,9,14-15H2,1-6H3,(H,32,33)(H,38,39)/t24-,27-,28+,29-,31+/m1/s1. The summed E-state index contributed by atoms with van der Waals surface area (Å²) < 4.78 is 33.8. The second-order valence-electron chi connectivity index (χ2n) is 10.7. The molecule has 0 aliphatic carbocycles. The van der Waals surface area contributed by atoms with Gasteiger partial charge < -0.3 is 33.5 Å². The number of esters is 4. The Balaban J connectivity index is 1.99. The molecule has 0 unspecified atom stereocenters. The van der Waals surface area contributed by atoms with Crippen LogP contribution in [0.4, 0.5) is 0 Å². The molecule has 0 spiro atoms. The number of carbonyl (C=O) groups excluding carboxylic acids is 4. The maximum absolute atomic E-state index is 12.2. The van der Waals surface area contributed by atoms with E-state index in [1.807, 2.05) is 38.1 Å². The monoisotopic (exact) mass is 630 g/mol. The van der Waals surface area contributed by atoms with Crippen LogP contribution in [0.3, 0.4) is 0 Å². The van der Waals surface area contributed by atoms with E-state index in [4.69, 9.17) is 33.5 Å². The highest BCUT2D eigenvalue weighted by Gasteiger charge is 2.53. The number of aromatic amines is 1. The predicted molar refractivity (Wildman–Crippen MR) is 156 cm³/mol. The molecule has 0 amide bonds. The molecule has 1 fully saturated rings. The molecule has 1 aliphatic heterocycles. The molecule has 45 heavy (non-hydrogen) atoms. The molecule has 1 aromatic carbocycles. The van der Waals surface area contributed by atoms with E-state index < -0.39 is 67.2 Å². The second-order valence-corrected chi connectivity index (χ2v) is 10.7. The second kappa shape index (κ2) is 15.8. The summed E-state index contributed by atoms with van der Waals surface area (Å²) in [5.41, 5.74) is 3.15. The third-order valence-electron chi connectivity index (χ3n) is 6.58. The van der Waals surface area contributed by atoms with Crippen molar-refractivity contribution in [2.24, 2.45) is 0 Å². The van der Waals surface area contributed by atoms with Crippen molar-refractivity contribution >= 4 is 35.9 Å². The molecule has 2 heterocycles. The topological polar surface area (TPSA) is 190 Å². The highest BCUT2D eigenvalue weighted by Crippen LogP contribution is 2.34. The van der Waals surface area contributed by atoms with Crippen molar-refractivity contribution in [3.63, 3.8) is 0 Å². The predicted octanol–water partition coefficient (Wildman–Crippen LogP) is 3.07. The minimum absolute atomic E-state index is 0.00141. The molecule has 1 saturated heterocycles.